The molecule has 5 nitrogen and oxygen atoms in total. The number of amides is 1. The summed E-state index contributed by atoms with van der Waals surface area (Å²) in [5.74, 6) is 0.781. The minimum Gasteiger partial charge on any atom is -0.372 e. The average molecular weight is 286 g/mol. The maximum Gasteiger partial charge on any atom is 0.254 e. The zero-order chi connectivity index (χ0) is 15.2. The number of aromatic nitrogens is 2. The third kappa shape index (κ3) is 3.62. The van der Waals surface area contributed by atoms with Gasteiger partial charge < -0.3 is 14.8 Å². The van der Waals surface area contributed by atoms with Gasteiger partial charge in [0.1, 0.15) is 5.82 Å². The van der Waals surface area contributed by atoms with Gasteiger partial charge in [-0.1, -0.05) is 0 Å². The predicted octanol–water partition coefficient (Wildman–Crippen LogP) is 2.53. The van der Waals surface area contributed by atoms with Gasteiger partial charge in [-0.2, -0.15) is 0 Å². The highest BCUT2D eigenvalue weighted by Gasteiger charge is 2.13. The molecular weight excluding hydrogens is 264 g/mol. The molecule has 1 heterocycles. The second-order valence-electron chi connectivity index (χ2n) is 4.92. The van der Waals surface area contributed by atoms with Crippen LogP contribution in [0.3, 0.4) is 0 Å². The van der Waals surface area contributed by atoms with Gasteiger partial charge in [-0.3, -0.25) is 4.79 Å². The third-order valence-electron chi connectivity index (χ3n) is 3.53. The molecule has 1 aromatic carbocycles. The lowest BCUT2D eigenvalue weighted by molar-refractivity contribution is 0.0782. The Kier molecular flexibility index (Phi) is 4.98. The van der Waals surface area contributed by atoms with Gasteiger partial charge >= 0.3 is 0 Å². The van der Waals surface area contributed by atoms with Crippen LogP contribution >= 0.6 is 0 Å². The number of hydrogen-bond donors (Lipinski definition) is 1. The molecule has 0 saturated carbocycles. The maximum atomic E-state index is 12.4. The number of imidazole rings is 1. The zero-order valence-corrected chi connectivity index (χ0v) is 12.8. The number of anilines is 1. The molecule has 112 valence electrons. The molecule has 0 bridgehead atoms. The lowest BCUT2D eigenvalue weighted by atomic mass is 10.1. The molecule has 5 heteroatoms. The summed E-state index contributed by atoms with van der Waals surface area (Å²) in [5, 5.41) is 0. The van der Waals surface area contributed by atoms with Crippen molar-refractivity contribution in [3.8, 4) is 0 Å². The van der Waals surface area contributed by atoms with Gasteiger partial charge in [0.25, 0.3) is 5.91 Å². The number of nitrogens with one attached hydrogen (secondary N) is 1. The standard InChI is InChI=1S/C16H22N4O/c1-4-20(5-2)14-8-6-13(7-9-14)16(21)19(3)12-15-17-10-11-18-15/h6-11H,4-5,12H2,1-3H3,(H,17,18). The van der Waals surface area contributed by atoms with E-state index in [4.69, 9.17) is 0 Å². The summed E-state index contributed by atoms with van der Waals surface area (Å²) in [7, 11) is 1.78. The highest BCUT2D eigenvalue weighted by molar-refractivity contribution is 5.94. The number of aromatic amines is 1. The van der Waals surface area contributed by atoms with Crippen LogP contribution < -0.4 is 4.90 Å². The van der Waals surface area contributed by atoms with Crippen LogP contribution in [0, 0.1) is 0 Å². The molecule has 2 aromatic rings. The Hall–Kier alpha value is -2.30. The maximum absolute atomic E-state index is 12.4. The molecule has 1 N–H and O–H groups in total. The van der Waals surface area contributed by atoms with Gasteiger partial charge in [-0.15, -0.1) is 0 Å². The second kappa shape index (κ2) is 6.92. The first-order valence-corrected chi connectivity index (χ1v) is 7.24. The summed E-state index contributed by atoms with van der Waals surface area (Å²) < 4.78 is 0. The highest BCUT2D eigenvalue weighted by atomic mass is 16.2. The van der Waals surface area contributed by atoms with E-state index in [2.05, 4.69) is 28.7 Å². The first-order valence-electron chi connectivity index (χ1n) is 7.24. The third-order valence-corrected chi connectivity index (χ3v) is 3.53. The summed E-state index contributed by atoms with van der Waals surface area (Å²) >= 11 is 0. The summed E-state index contributed by atoms with van der Waals surface area (Å²) in [4.78, 5) is 23.4. The molecule has 21 heavy (non-hydrogen) atoms. The molecule has 0 atom stereocenters. The lowest BCUT2D eigenvalue weighted by Gasteiger charge is -2.21. The van der Waals surface area contributed by atoms with Crippen molar-refractivity contribution < 1.29 is 4.79 Å². The van der Waals surface area contributed by atoms with E-state index in [9.17, 15) is 4.79 Å². The Balaban J connectivity index is 2.05. The Morgan fingerprint density at radius 3 is 2.38 bits per heavy atom. The van der Waals surface area contributed by atoms with Gasteiger partial charge in [0.05, 0.1) is 6.54 Å². The predicted molar refractivity (Wildman–Crippen MR) is 84.4 cm³/mol. The van der Waals surface area contributed by atoms with E-state index in [0.29, 0.717) is 12.1 Å². The van der Waals surface area contributed by atoms with Crippen molar-refractivity contribution in [2.75, 3.05) is 25.0 Å². The Bertz CT molecular complexity index is 558. The minimum absolute atomic E-state index is 0.00232. The molecular formula is C16H22N4O. The number of rotatable bonds is 6. The molecule has 0 radical (unpaired) electrons. The molecule has 0 spiro atoms. The van der Waals surface area contributed by atoms with E-state index < -0.39 is 0 Å². The van der Waals surface area contributed by atoms with Gasteiger partial charge in [0, 0.05) is 43.8 Å². The molecule has 0 aliphatic heterocycles. The molecule has 0 aliphatic rings. The van der Waals surface area contributed by atoms with Crippen molar-refractivity contribution in [2.24, 2.45) is 0 Å². The van der Waals surface area contributed by atoms with Crippen molar-refractivity contribution in [1.29, 1.82) is 0 Å². The van der Waals surface area contributed by atoms with Crippen LogP contribution in [0.15, 0.2) is 36.7 Å². The van der Waals surface area contributed by atoms with Gasteiger partial charge in [-0.05, 0) is 38.1 Å². The van der Waals surface area contributed by atoms with Crippen LogP contribution in [0.25, 0.3) is 0 Å². The molecule has 0 fully saturated rings. The summed E-state index contributed by atoms with van der Waals surface area (Å²) in [6.45, 7) is 6.65. The van der Waals surface area contributed by atoms with E-state index in [1.807, 2.05) is 24.3 Å². The smallest absolute Gasteiger partial charge is 0.254 e. The first kappa shape index (κ1) is 15.1. The molecule has 1 aromatic heterocycles. The van der Waals surface area contributed by atoms with Gasteiger partial charge in [0.15, 0.2) is 0 Å². The Morgan fingerprint density at radius 1 is 1.19 bits per heavy atom. The Labute approximate surface area is 125 Å². The number of hydrogen-bond acceptors (Lipinski definition) is 3. The van der Waals surface area contributed by atoms with Gasteiger partial charge in [0.2, 0.25) is 0 Å². The van der Waals surface area contributed by atoms with E-state index in [1.54, 1.807) is 24.3 Å². The summed E-state index contributed by atoms with van der Waals surface area (Å²) in [6, 6.07) is 7.77. The molecule has 0 aliphatic carbocycles. The number of carbonyl (C=O) groups is 1. The fourth-order valence-electron chi connectivity index (χ4n) is 2.30. The molecule has 2 rings (SSSR count). The lowest BCUT2D eigenvalue weighted by Crippen LogP contribution is -2.27. The highest BCUT2D eigenvalue weighted by Crippen LogP contribution is 2.16. The summed E-state index contributed by atoms with van der Waals surface area (Å²) in [6.07, 6.45) is 3.44. The monoisotopic (exact) mass is 286 g/mol. The first-order chi connectivity index (χ1) is 10.2. The van der Waals surface area contributed by atoms with Crippen molar-refractivity contribution in [3.05, 3.63) is 48.0 Å². The number of H-pyrrole nitrogens is 1. The molecule has 1 amide bonds. The normalized spacial score (nSPS) is 10.4. The van der Waals surface area contributed by atoms with Crippen LogP contribution in [0.2, 0.25) is 0 Å². The SMILES string of the molecule is CCN(CC)c1ccc(C(=O)N(C)Cc2ncc[nH]2)cc1. The molecule has 0 unspecified atom stereocenters. The topological polar surface area (TPSA) is 52.2 Å². The van der Waals surface area contributed by atoms with Crippen molar-refractivity contribution in [1.82, 2.24) is 14.9 Å². The fraction of sp³-hybridized carbons (Fsp3) is 0.375. The average Bonchev–Trinajstić information content (AvgIpc) is 3.01. The molecule has 0 saturated heterocycles. The van der Waals surface area contributed by atoms with Gasteiger partial charge in [-0.25, -0.2) is 4.98 Å². The Morgan fingerprint density at radius 2 is 1.86 bits per heavy atom. The number of nitrogens with zero attached hydrogens (tertiary/aromatic N) is 3. The van der Waals surface area contributed by atoms with E-state index in [0.717, 1.165) is 24.6 Å². The van der Waals surface area contributed by atoms with Crippen LogP contribution in [-0.2, 0) is 6.54 Å². The van der Waals surface area contributed by atoms with E-state index >= 15 is 0 Å². The van der Waals surface area contributed by atoms with Crippen molar-refractivity contribution in [2.45, 2.75) is 20.4 Å². The van der Waals surface area contributed by atoms with Crippen LogP contribution in [0.4, 0.5) is 5.69 Å². The van der Waals surface area contributed by atoms with Crippen LogP contribution in [0.5, 0.6) is 0 Å². The summed E-state index contributed by atoms with van der Waals surface area (Å²) in [5.41, 5.74) is 1.84. The fourth-order valence-corrected chi connectivity index (χ4v) is 2.30. The van der Waals surface area contributed by atoms with E-state index in [1.165, 1.54) is 0 Å². The quantitative estimate of drug-likeness (QED) is 0.888. The van der Waals surface area contributed by atoms with Crippen molar-refractivity contribution >= 4 is 11.6 Å². The number of carbonyl (C=O) groups excluding carboxylic acids is 1. The zero-order valence-electron chi connectivity index (χ0n) is 12.8. The minimum atomic E-state index is -0.00232. The van der Waals surface area contributed by atoms with Crippen LogP contribution in [0.1, 0.15) is 30.0 Å². The second-order valence-corrected chi connectivity index (χ2v) is 4.92. The van der Waals surface area contributed by atoms with Crippen LogP contribution in [-0.4, -0.2) is 40.9 Å². The van der Waals surface area contributed by atoms with Crippen molar-refractivity contribution in [3.63, 3.8) is 0 Å². The largest absolute Gasteiger partial charge is 0.372 e. The number of benzene rings is 1. The van der Waals surface area contributed by atoms with E-state index in [-0.39, 0.29) is 5.91 Å².